The lowest BCUT2D eigenvalue weighted by Crippen LogP contribution is -2.51. The maximum Gasteiger partial charge on any atom is 0.289 e. The molecule has 1 aliphatic heterocycles. The number of benzene rings is 1. The molecule has 0 atom stereocenters. The summed E-state index contributed by atoms with van der Waals surface area (Å²) in [6.07, 6.45) is 2.37. The van der Waals surface area contributed by atoms with Gasteiger partial charge in [0.25, 0.3) is 5.91 Å². The maximum atomic E-state index is 12.8. The van der Waals surface area contributed by atoms with Gasteiger partial charge >= 0.3 is 0 Å². The lowest BCUT2D eigenvalue weighted by atomic mass is 10.0. The predicted molar refractivity (Wildman–Crippen MR) is 123 cm³/mol. The molecule has 2 aromatic heterocycles. The van der Waals surface area contributed by atoms with Gasteiger partial charge in [-0.3, -0.25) is 9.59 Å². The summed E-state index contributed by atoms with van der Waals surface area (Å²) in [5, 5.41) is 2.08. The monoisotopic (exact) mass is 437 g/mol. The minimum atomic E-state index is -0.120. The molecule has 6 nitrogen and oxygen atoms in total. The minimum absolute atomic E-state index is 0.0825. The normalized spacial score (nSPS) is 14.3. The van der Waals surface area contributed by atoms with E-state index >= 15 is 0 Å². The lowest BCUT2D eigenvalue weighted by molar-refractivity contribution is -0.129. The summed E-state index contributed by atoms with van der Waals surface area (Å²) in [6.45, 7) is 8.43. The molecule has 1 saturated heterocycles. The molecule has 3 heterocycles. The Labute approximate surface area is 186 Å². The van der Waals surface area contributed by atoms with Crippen molar-refractivity contribution in [2.75, 3.05) is 31.9 Å². The fraction of sp³-hybridized carbons (Fsp3) is 0.375. The summed E-state index contributed by atoms with van der Waals surface area (Å²) in [6, 6.07) is 9.87. The van der Waals surface area contributed by atoms with Crippen LogP contribution >= 0.6 is 11.8 Å². The molecule has 1 aromatic carbocycles. The Morgan fingerprint density at radius 3 is 2.45 bits per heavy atom. The molecule has 31 heavy (non-hydrogen) atoms. The number of hydrogen-bond donors (Lipinski definition) is 0. The highest BCUT2D eigenvalue weighted by Crippen LogP contribution is 2.27. The van der Waals surface area contributed by atoms with E-state index in [4.69, 9.17) is 9.40 Å². The Hall–Kier alpha value is -2.80. The van der Waals surface area contributed by atoms with Crippen LogP contribution in [0.15, 0.2) is 46.0 Å². The highest BCUT2D eigenvalue weighted by Gasteiger charge is 2.26. The van der Waals surface area contributed by atoms with E-state index < -0.39 is 0 Å². The third-order valence-electron chi connectivity index (χ3n) is 5.83. The molecular weight excluding hydrogens is 410 g/mol. The standard InChI is InChI=1S/C24H27N3O3S/c1-4-18-14-19-12-16(2)17(3)13-20(19)25-23(18)31-15-22(28)26-7-9-27(10-8-26)24(29)21-6-5-11-30-21/h5-6,11-14H,4,7-10,15H2,1-3H3. The van der Waals surface area contributed by atoms with E-state index in [0.717, 1.165) is 22.3 Å². The summed E-state index contributed by atoms with van der Waals surface area (Å²) < 4.78 is 5.19. The van der Waals surface area contributed by atoms with Crippen LogP contribution in [0.1, 0.15) is 34.2 Å². The number of aromatic nitrogens is 1. The van der Waals surface area contributed by atoms with Gasteiger partial charge in [-0.15, -0.1) is 0 Å². The number of piperazine rings is 1. The number of fused-ring (bicyclic) bond motifs is 1. The highest BCUT2D eigenvalue weighted by atomic mass is 32.2. The van der Waals surface area contributed by atoms with Gasteiger partial charge in [-0.1, -0.05) is 18.7 Å². The Morgan fingerprint density at radius 1 is 1.06 bits per heavy atom. The summed E-state index contributed by atoms with van der Waals surface area (Å²) in [4.78, 5) is 33.6. The van der Waals surface area contributed by atoms with E-state index in [1.165, 1.54) is 34.7 Å². The average Bonchev–Trinajstić information content (AvgIpc) is 3.32. The van der Waals surface area contributed by atoms with Gasteiger partial charge in [0.1, 0.15) is 5.03 Å². The first-order valence-electron chi connectivity index (χ1n) is 10.6. The van der Waals surface area contributed by atoms with Gasteiger partial charge in [0.05, 0.1) is 17.5 Å². The molecule has 2 amide bonds. The van der Waals surface area contributed by atoms with Crippen molar-refractivity contribution in [3.8, 4) is 0 Å². The number of nitrogens with zero attached hydrogens (tertiary/aromatic N) is 3. The van der Waals surface area contributed by atoms with Gasteiger partial charge in [-0.25, -0.2) is 4.98 Å². The number of hydrogen-bond acceptors (Lipinski definition) is 5. The maximum absolute atomic E-state index is 12.8. The quantitative estimate of drug-likeness (QED) is 0.563. The van der Waals surface area contributed by atoms with E-state index in [0.29, 0.717) is 37.7 Å². The molecule has 0 radical (unpaired) electrons. The largest absolute Gasteiger partial charge is 0.459 e. The summed E-state index contributed by atoms with van der Waals surface area (Å²) in [5.41, 5.74) is 4.62. The van der Waals surface area contributed by atoms with Crippen LogP contribution in [-0.4, -0.2) is 58.5 Å². The molecule has 0 spiro atoms. The minimum Gasteiger partial charge on any atom is -0.459 e. The molecule has 1 fully saturated rings. The van der Waals surface area contributed by atoms with E-state index in [2.05, 4.69) is 39.0 Å². The van der Waals surface area contributed by atoms with Crippen molar-refractivity contribution < 1.29 is 14.0 Å². The van der Waals surface area contributed by atoms with Gasteiger partial charge in [-0.05, 0) is 67.3 Å². The van der Waals surface area contributed by atoms with Crippen LogP contribution in [0.4, 0.5) is 0 Å². The Balaban J connectivity index is 1.38. The van der Waals surface area contributed by atoms with Crippen LogP contribution in [0.25, 0.3) is 10.9 Å². The van der Waals surface area contributed by atoms with Crippen molar-refractivity contribution in [3.05, 3.63) is 59.0 Å². The number of aryl methyl sites for hydroxylation is 3. The number of furan rings is 1. The van der Waals surface area contributed by atoms with Crippen molar-refractivity contribution in [1.29, 1.82) is 0 Å². The third-order valence-corrected chi connectivity index (χ3v) is 6.85. The van der Waals surface area contributed by atoms with Crippen LogP contribution in [0.5, 0.6) is 0 Å². The molecule has 0 bridgehead atoms. The van der Waals surface area contributed by atoms with Crippen LogP contribution in [0.2, 0.25) is 0 Å². The number of amides is 2. The number of pyridine rings is 1. The second-order valence-electron chi connectivity index (χ2n) is 7.87. The predicted octanol–water partition coefficient (Wildman–Crippen LogP) is 4.08. The SMILES string of the molecule is CCc1cc2cc(C)c(C)cc2nc1SCC(=O)N1CCN(C(=O)c2ccco2)CC1. The first-order chi connectivity index (χ1) is 15.0. The topological polar surface area (TPSA) is 66.7 Å². The molecule has 7 heteroatoms. The molecule has 0 N–H and O–H groups in total. The van der Waals surface area contributed by atoms with Gasteiger partial charge in [-0.2, -0.15) is 0 Å². The van der Waals surface area contributed by atoms with Crippen molar-refractivity contribution in [3.63, 3.8) is 0 Å². The second-order valence-corrected chi connectivity index (χ2v) is 8.84. The third kappa shape index (κ3) is 4.61. The van der Waals surface area contributed by atoms with E-state index in [9.17, 15) is 9.59 Å². The van der Waals surface area contributed by atoms with Crippen LogP contribution < -0.4 is 0 Å². The van der Waals surface area contributed by atoms with Crippen molar-refractivity contribution in [1.82, 2.24) is 14.8 Å². The van der Waals surface area contributed by atoms with Gasteiger partial charge in [0, 0.05) is 31.6 Å². The number of rotatable bonds is 5. The zero-order valence-corrected chi connectivity index (χ0v) is 19.0. The molecular formula is C24H27N3O3S. The Bertz CT molecular complexity index is 1100. The van der Waals surface area contributed by atoms with E-state index in [1.54, 1.807) is 17.0 Å². The Kier molecular flexibility index (Phi) is 6.32. The number of carbonyl (C=O) groups is 2. The van der Waals surface area contributed by atoms with Crippen LogP contribution in [0, 0.1) is 13.8 Å². The first-order valence-corrected chi connectivity index (χ1v) is 11.6. The zero-order chi connectivity index (χ0) is 22.0. The molecule has 4 rings (SSSR count). The first kappa shape index (κ1) is 21.4. The smallest absolute Gasteiger partial charge is 0.289 e. The zero-order valence-electron chi connectivity index (χ0n) is 18.2. The molecule has 0 saturated carbocycles. The van der Waals surface area contributed by atoms with Gasteiger partial charge in [0.15, 0.2) is 5.76 Å². The van der Waals surface area contributed by atoms with Crippen molar-refractivity contribution in [2.24, 2.45) is 0 Å². The number of carbonyl (C=O) groups excluding carboxylic acids is 2. The molecule has 162 valence electrons. The Morgan fingerprint density at radius 2 is 1.77 bits per heavy atom. The lowest BCUT2D eigenvalue weighted by Gasteiger charge is -2.34. The fourth-order valence-corrected chi connectivity index (χ4v) is 4.78. The summed E-state index contributed by atoms with van der Waals surface area (Å²) in [5.74, 6) is 0.655. The molecule has 0 aliphatic carbocycles. The second kappa shape index (κ2) is 9.14. The summed E-state index contributed by atoms with van der Waals surface area (Å²) >= 11 is 1.51. The van der Waals surface area contributed by atoms with Gasteiger partial charge < -0.3 is 14.2 Å². The highest BCUT2D eigenvalue weighted by molar-refractivity contribution is 7.99. The summed E-state index contributed by atoms with van der Waals surface area (Å²) in [7, 11) is 0. The molecule has 0 unspecified atom stereocenters. The van der Waals surface area contributed by atoms with Crippen molar-refractivity contribution in [2.45, 2.75) is 32.2 Å². The van der Waals surface area contributed by atoms with E-state index in [-0.39, 0.29) is 11.8 Å². The van der Waals surface area contributed by atoms with Gasteiger partial charge in [0.2, 0.25) is 5.91 Å². The van der Waals surface area contributed by atoms with Crippen LogP contribution in [0.3, 0.4) is 0 Å². The van der Waals surface area contributed by atoms with E-state index in [1.807, 2.05) is 4.90 Å². The molecule has 1 aliphatic rings. The molecule has 3 aromatic rings. The van der Waals surface area contributed by atoms with Crippen LogP contribution in [-0.2, 0) is 11.2 Å². The van der Waals surface area contributed by atoms with Crippen molar-refractivity contribution >= 4 is 34.5 Å². The fourth-order valence-electron chi connectivity index (χ4n) is 3.78. The number of thioether (sulfide) groups is 1. The average molecular weight is 438 g/mol.